The van der Waals surface area contributed by atoms with Crippen molar-refractivity contribution in [1.29, 1.82) is 0 Å². The van der Waals surface area contributed by atoms with Crippen LogP contribution in [0.5, 0.6) is 0 Å². The van der Waals surface area contributed by atoms with E-state index in [0.717, 1.165) is 13.1 Å². The fraction of sp³-hybridized carbons (Fsp3) is 0.467. The first-order valence-electron chi connectivity index (χ1n) is 6.53. The summed E-state index contributed by atoms with van der Waals surface area (Å²) in [6.45, 7) is 7.73. The highest BCUT2D eigenvalue weighted by Gasteiger charge is 2.18. The van der Waals surface area contributed by atoms with Crippen molar-refractivity contribution in [2.45, 2.75) is 32.1 Å². The first-order chi connectivity index (χ1) is 8.97. The number of fused-ring (bicyclic) bond motifs is 1. The zero-order valence-electron chi connectivity index (χ0n) is 11.7. The molecule has 0 aliphatic heterocycles. The van der Waals surface area contributed by atoms with Crippen LogP contribution in [0, 0.1) is 0 Å². The summed E-state index contributed by atoms with van der Waals surface area (Å²) in [5.41, 5.74) is 0. The summed E-state index contributed by atoms with van der Waals surface area (Å²) < 4.78 is 13.1. The molecule has 0 amide bonds. The Morgan fingerprint density at radius 1 is 1.26 bits per heavy atom. The molecule has 0 saturated carbocycles. The first kappa shape index (κ1) is 14.7. The van der Waals surface area contributed by atoms with Gasteiger partial charge in [-0.25, -0.2) is 0 Å². The standard InChI is InChI=1S/C15H21NOS2/c1-15(2,3)19(17)9-8-16-11-13-10-12-6-4-5-7-14(12)18-13/h4-7,10,16H,8-9,11H2,1-3H3/t19-/m1/s1. The largest absolute Gasteiger partial charge is 0.311 e. The van der Waals surface area contributed by atoms with Crippen LogP contribution in [0.15, 0.2) is 30.3 Å². The van der Waals surface area contributed by atoms with E-state index in [-0.39, 0.29) is 4.75 Å². The van der Waals surface area contributed by atoms with E-state index in [1.54, 1.807) is 0 Å². The van der Waals surface area contributed by atoms with Gasteiger partial charge in [0.25, 0.3) is 0 Å². The van der Waals surface area contributed by atoms with Crippen LogP contribution in [0.3, 0.4) is 0 Å². The predicted molar refractivity (Wildman–Crippen MR) is 86.3 cm³/mol. The third-order valence-electron chi connectivity index (χ3n) is 2.92. The Labute approximate surface area is 121 Å². The lowest BCUT2D eigenvalue weighted by Crippen LogP contribution is -2.29. The summed E-state index contributed by atoms with van der Waals surface area (Å²) in [7, 11) is -0.769. The van der Waals surface area contributed by atoms with Crippen molar-refractivity contribution in [3.05, 3.63) is 35.2 Å². The smallest absolute Gasteiger partial charge is 0.0375 e. The van der Waals surface area contributed by atoms with Crippen LogP contribution in [0.25, 0.3) is 10.1 Å². The molecule has 104 valence electrons. The van der Waals surface area contributed by atoms with Gasteiger partial charge in [0.1, 0.15) is 0 Å². The zero-order valence-corrected chi connectivity index (χ0v) is 13.4. The molecular weight excluding hydrogens is 274 g/mol. The highest BCUT2D eigenvalue weighted by molar-refractivity contribution is 7.86. The van der Waals surface area contributed by atoms with E-state index in [0.29, 0.717) is 5.75 Å². The van der Waals surface area contributed by atoms with Gasteiger partial charge in [0, 0.05) is 44.0 Å². The average molecular weight is 295 g/mol. The second kappa shape index (κ2) is 6.16. The predicted octanol–water partition coefficient (Wildman–Crippen LogP) is 3.54. The Hall–Kier alpha value is -0.710. The molecule has 1 aromatic heterocycles. The van der Waals surface area contributed by atoms with Crippen LogP contribution in [0.2, 0.25) is 0 Å². The van der Waals surface area contributed by atoms with Crippen LogP contribution in [-0.2, 0) is 17.3 Å². The van der Waals surface area contributed by atoms with Crippen LogP contribution in [-0.4, -0.2) is 21.3 Å². The van der Waals surface area contributed by atoms with Crippen molar-refractivity contribution >= 4 is 32.2 Å². The van der Waals surface area contributed by atoms with Crippen LogP contribution in [0.1, 0.15) is 25.6 Å². The van der Waals surface area contributed by atoms with Crippen LogP contribution in [0.4, 0.5) is 0 Å². The molecule has 1 N–H and O–H groups in total. The Bertz CT molecular complexity index is 536. The lowest BCUT2D eigenvalue weighted by atomic mass is 10.2. The van der Waals surface area contributed by atoms with E-state index in [1.807, 2.05) is 32.1 Å². The first-order valence-corrected chi connectivity index (χ1v) is 8.67. The number of nitrogens with one attached hydrogen (secondary N) is 1. The Morgan fingerprint density at radius 2 is 2.00 bits per heavy atom. The minimum Gasteiger partial charge on any atom is -0.311 e. The van der Waals surface area contributed by atoms with Crippen molar-refractivity contribution in [2.75, 3.05) is 12.3 Å². The molecule has 2 rings (SSSR count). The maximum Gasteiger partial charge on any atom is 0.0375 e. The van der Waals surface area contributed by atoms with E-state index in [4.69, 9.17) is 0 Å². The summed E-state index contributed by atoms with van der Waals surface area (Å²) in [4.78, 5) is 1.34. The van der Waals surface area contributed by atoms with Gasteiger partial charge in [-0.3, -0.25) is 4.21 Å². The molecule has 0 bridgehead atoms. The highest BCUT2D eigenvalue weighted by atomic mass is 32.2. The summed E-state index contributed by atoms with van der Waals surface area (Å²) >= 11 is 1.82. The zero-order chi connectivity index (χ0) is 13.9. The number of benzene rings is 1. The monoisotopic (exact) mass is 295 g/mol. The van der Waals surface area contributed by atoms with Gasteiger partial charge in [-0.1, -0.05) is 18.2 Å². The highest BCUT2D eigenvalue weighted by Crippen LogP contribution is 2.24. The Balaban J connectivity index is 1.81. The second-order valence-electron chi connectivity index (χ2n) is 5.59. The number of hydrogen-bond donors (Lipinski definition) is 1. The molecular formula is C15H21NOS2. The fourth-order valence-corrected chi connectivity index (χ4v) is 3.78. The molecule has 1 aromatic carbocycles. The molecule has 0 aliphatic rings. The van der Waals surface area contributed by atoms with Gasteiger partial charge in [0.15, 0.2) is 0 Å². The summed E-state index contributed by atoms with van der Waals surface area (Å²) in [5.74, 6) is 0.717. The van der Waals surface area contributed by atoms with Crippen LogP contribution < -0.4 is 5.32 Å². The second-order valence-corrected chi connectivity index (χ2v) is 9.08. The van der Waals surface area contributed by atoms with Gasteiger partial charge in [0.05, 0.1) is 0 Å². The van der Waals surface area contributed by atoms with Crippen molar-refractivity contribution in [3.63, 3.8) is 0 Å². The fourth-order valence-electron chi connectivity index (χ4n) is 1.81. The average Bonchev–Trinajstić information content (AvgIpc) is 2.75. The summed E-state index contributed by atoms with van der Waals surface area (Å²) in [6.07, 6.45) is 0. The topological polar surface area (TPSA) is 29.1 Å². The number of thiophene rings is 1. The number of hydrogen-bond acceptors (Lipinski definition) is 3. The van der Waals surface area contributed by atoms with Gasteiger partial charge in [-0.05, 0) is 38.3 Å². The maximum atomic E-state index is 11.9. The Morgan fingerprint density at radius 3 is 2.68 bits per heavy atom. The van der Waals surface area contributed by atoms with E-state index in [9.17, 15) is 4.21 Å². The lowest BCUT2D eigenvalue weighted by molar-refractivity contribution is 0.641. The molecule has 1 atom stereocenters. The SMILES string of the molecule is CC(C)(C)[S@](=O)CCNCc1cc2ccccc2s1. The third kappa shape index (κ3) is 4.13. The molecule has 2 nitrogen and oxygen atoms in total. The third-order valence-corrected chi connectivity index (χ3v) is 5.98. The number of rotatable bonds is 5. The summed E-state index contributed by atoms with van der Waals surface area (Å²) in [5, 5.41) is 4.69. The molecule has 0 fully saturated rings. The van der Waals surface area contributed by atoms with Gasteiger partial charge < -0.3 is 5.32 Å². The van der Waals surface area contributed by atoms with Crippen molar-refractivity contribution in [1.82, 2.24) is 5.32 Å². The van der Waals surface area contributed by atoms with E-state index in [1.165, 1.54) is 15.0 Å². The normalized spacial score (nSPS) is 13.8. The van der Waals surface area contributed by atoms with Gasteiger partial charge in [-0.15, -0.1) is 11.3 Å². The van der Waals surface area contributed by atoms with Gasteiger partial charge in [0.2, 0.25) is 0 Å². The van der Waals surface area contributed by atoms with E-state index >= 15 is 0 Å². The molecule has 4 heteroatoms. The van der Waals surface area contributed by atoms with E-state index < -0.39 is 10.8 Å². The maximum absolute atomic E-state index is 11.9. The molecule has 0 unspecified atom stereocenters. The molecule has 0 aliphatic carbocycles. The minimum atomic E-state index is -0.769. The molecule has 0 radical (unpaired) electrons. The Kier molecular flexibility index (Phi) is 4.76. The summed E-state index contributed by atoms with van der Waals surface area (Å²) in [6, 6.07) is 10.7. The van der Waals surface area contributed by atoms with E-state index in [2.05, 4.69) is 35.6 Å². The molecule has 0 spiro atoms. The van der Waals surface area contributed by atoms with Crippen molar-refractivity contribution in [3.8, 4) is 0 Å². The quantitative estimate of drug-likeness (QED) is 0.855. The minimum absolute atomic E-state index is 0.112. The van der Waals surface area contributed by atoms with Crippen molar-refractivity contribution in [2.24, 2.45) is 0 Å². The molecule has 2 aromatic rings. The molecule has 0 saturated heterocycles. The molecule has 1 heterocycles. The molecule has 19 heavy (non-hydrogen) atoms. The van der Waals surface area contributed by atoms with Crippen molar-refractivity contribution < 1.29 is 4.21 Å². The van der Waals surface area contributed by atoms with Crippen LogP contribution >= 0.6 is 11.3 Å². The lowest BCUT2D eigenvalue weighted by Gasteiger charge is -2.17. The van der Waals surface area contributed by atoms with Gasteiger partial charge >= 0.3 is 0 Å². The van der Waals surface area contributed by atoms with Gasteiger partial charge in [-0.2, -0.15) is 0 Å².